The summed E-state index contributed by atoms with van der Waals surface area (Å²) in [5.41, 5.74) is 1.27. The molecule has 0 bridgehead atoms. The molecule has 2 heterocycles. The average molecular weight is 256 g/mol. The van der Waals surface area contributed by atoms with Gasteiger partial charge in [0.2, 0.25) is 0 Å². The van der Waals surface area contributed by atoms with Crippen LogP contribution in [0, 0.1) is 0 Å². The van der Waals surface area contributed by atoms with E-state index in [2.05, 4.69) is 36.4 Å². The zero-order chi connectivity index (χ0) is 12.7. The summed E-state index contributed by atoms with van der Waals surface area (Å²) in [6.45, 7) is 2.35. The molecule has 2 unspecified atom stereocenters. The molecular formula is C16H16O3. The van der Waals surface area contributed by atoms with Crippen molar-refractivity contribution in [2.45, 2.75) is 18.6 Å². The Morgan fingerprint density at radius 2 is 1.79 bits per heavy atom. The minimum absolute atomic E-state index is 0.288. The highest BCUT2D eigenvalue weighted by atomic mass is 16.6. The van der Waals surface area contributed by atoms with E-state index in [9.17, 15) is 0 Å². The number of benzene rings is 2. The highest BCUT2D eigenvalue weighted by Gasteiger charge is 2.27. The third-order valence-corrected chi connectivity index (χ3v) is 3.66. The van der Waals surface area contributed by atoms with Crippen LogP contribution in [0.4, 0.5) is 0 Å². The van der Waals surface area contributed by atoms with Crippen molar-refractivity contribution in [2.24, 2.45) is 0 Å². The molecule has 0 aromatic heterocycles. The van der Waals surface area contributed by atoms with Crippen molar-refractivity contribution in [3.8, 4) is 5.75 Å². The second-order valence-electron chi connectivity index (χ2n) is 5.19. The fraction of sp³-hybridized carbons (Fsp3) is 0.375. The standard InChI is InChI=1S/C16H16O3/c1-2-4-14-11(3-1)5-6-16(19-10-13-9-18-13)15(14)7-12-8-17-12/h1-6,12-13H,7-10H2. The van der Waals surface area contributed by atoms with Crippen molar-refractivity contribution in [3.63, 3.8) is 0 Å². The van der Waals surface area contributed by atoms with Gasteiger partial charge >= 0.3 is 0 Å². The molecule has 0 N–H and O–H groups in total. The van der Waals surface area contributed by atoms with Crippen LogP contribution in [0.2, 0.25) is 0 Å². The molecule has 0 spiro atoms. The molecule has 0 saturated carbocycles. The first kappa shape index (κ1) is 11.3. The van der Waals surface area contributed by atoms with Gasteiger partial charge in [-0.3, -0.25) is 0 Å². The highest BCUT2D eigenvalue weighted by molar-refractivity contribution is 5.87. The van der Waals surface area contributed by atoms with E-state index >= 15 is 0 Å². The van der Waals surface area contributed by atoms with Crippen LogP contribution in [-0.4, -0.2) is 32.0 Å². The molecule has 98 valence electrons. The molecule has 19 heavy (non-hydrogen) atoms. The number of epoxide rings is 2. The van der Waals surface area contributed by atoms with Crippen LogP contribution >= 0.6 is 0 Å². The maximum atomic E-state index is 5.92. The molecule has 2 aromatic carbocycles. The number of hydrogen-bond acceptors (Lipinski definition) is 3. The van der Waals surface area contributed by atoms with Gasteiger partial charge < -0.3 is 14.2 Å². The summed E-state index contributed by atoms with van der Waals surface area (Å²) in [5.74, 6) is 0.977. The van der Waals surface area contributed by atoms with Gasteiger partial charge in [0.1, 0.15) is 18.5 Å². The van der Waals surface area contributed by atoms with Crippen molar-refractivity contribution in [1.82, 2.24) is 0 Å². The maximum absolute atomic E-state index is 5.92. The largest absolute Gasteiger partial charge is 0.490 e. The van der Waals surface area contributed by atoms with E-state index in [1.54, 1.807) is 0 Å². The average Bonchev–Trinajstić information content (AvgIpc) is 3.33. The predicted octanol–water partition coefficient (Wildman–Crippen LogP) is 2.56. The van der Waals surface area contributed by atoms with Crippen molar-refractivity contribution in [2.75, 3.05) is 19.8 Å². The van der Waals surface area contributed by atoms with Crippen molar-refractivity contribution >= 4 is 10.8 Å². The molecule has 2 aliphatic heterocycles. The predicted molar refractivity (Wildman–Crippen MR) is 72.6 cm³/mol. The van der Waals surface area contributed by atoms with Gasteiger partial charge in [0, 0.05) is 12.0 Å². The Morgan fingerprint density at radius 1 is 1.00 bits per heavy atom. The third-order valence-electron chi connectivity index (χ3n) is 3.66. The number of ether oxygens (including phenoxy) is 3. The zero-order valence-electron chi connectivity index (χ0n) is 10.7. The van der Waals surface area contributed by atoms with Crippen LogP contribution in [0.3, 0.4) is 0 Å². The van der Waals surface area contributed by atoms with Crippen LogP contribution in [0.15, 0.2) is 36.4 Å². The van der Waals surface area contributed by atoms with Gasteiger partial charge in [-0.1, -0.05) is 30.3 Å². The lowest BCUT2D eigenvalue weighted by atomic mass is 10.00. The molecule has 0 radical (unpaired) electrons. The van der Waals surface area contributed by atoms with Gasteiger partial charge in [0.15, 0.2) is 0 Å². The van der Waals surface area contributed by atoms with Crippen molar-refractivity contribution in [3.05, 3.63) is 42.0 Å². The minimum atomic E-state index is 0.288. The minimum Gasteiger partial charge on any atom is -0.490 e. The number of fused-ring (bicyclic) bond motifs is 1. The Morgan fingerprint density at radius 3 is 2.58 bits per heavy atom. The van der Waals surface area contributed by atoms with Crippen molar-refractivity contribution < 1.29 is 14.2 Å². The summed E-state index contributed by atoms with van der Waals surface area (Å²) in [5, 5.41) is 2.53. The molecule has 3 heteroatoms. The molecule has 0 amide bonds. The first-order chi connectivity index (χ1) is 9.40. The molecule has 2 fully saturated rings. The fourth-order valence-electron chi connectivity index (χ4n) is 2.42. The summed E-state index contributed by atoms with van der Waals surface area (Å²) in [7, 11) is 0. The summed E-state index contributed by atoms with van der Waals surface area (Å²) in [6.07, 6.45) is 1.59. The Bertz CT molecular complexity index is 600. The van der Waals surface area contributed by atoms with Crippen molar-refractivity contribution in [1.29, 1.82) is 0 Å². The van der Waals surface area contributed by atoms with Crippen LogP contribution < -0.4 is 4.74 Å². The fourth-order valence-corrected chi connectivity index (χ4v) is 2.42. The normalized spacial score (nSPS) is 24.4. The topological polar surface area (TPSA) is 34.3 Å². The Labute approximate surface area is 112 Å². The van der Waals surface area contributed by atoms with Gasteiger partial charge in [-0.25, -0.2) is 0 Å². The van der Waals surface area contributed by atoms with Gasteiger partial charge in [0.05, 0.1) is 19.3 Å². The summed E-state index contributed by atoms with van der Waals surface area (Å²) < 4.78 is 16.5. The van der Waals surface area contributed by atoms with E-state index in [1.807, 2.05) is 0 Å². The summed E-state index contributed by atoms with van der Waals surface area (Å²) in [6, 6.07) is 12.6. The first-order valence-electron chi connectivity index (χ1n) is 6.77. The van der Waals surface area contributed by atoms with E-state index < -0.39 is 0 Å². The van der Waals surface area contributed by atoms with E-state index in [0.717, 1.165) is 25.4 Å². The molecule has 2 atom stereocenters. The van der Waals surface area contributed by atoms with Gasteiger partial charge in [-0.05, 0) is 16.8 Å². The van der Waals surface area contributed by atoms with Crippen LogP contribution in [0.25, 0.3) is 10.8 Å². The molecule has 2 aliphatic rings. The molecular weight excluding hydrogens is 240 g/mol. The van der Waals surface area contributed by atoms with Crippen LogP contribution in [0.5, 0.6) is 5.75 Å². The lowest BCUT2D eigenvalue weighted by Crippen LogP contribution is -2.07. The van der Waals surface area contributed by atoms with E-state index in [4.69, 9.17) is 14.2 Å². The molecule has 2 saturated heterocycles. The van der Waals surface area contributed by atoms with Crippen LogP contribution in [-0.2, 0) is 15.9 Å². The Kier molecular flexibility index (Phi) is 2.67. The van der Waals surface area contributed by atoms with E-state index in [-0.39, 0.29) is 6.10 Å². The second-order valence-corrected chi connectivity index (χ2v) is 5.19. The molecule has 0 aliphatic carbocycles. The SMILES string of the molecule is c1ccc2c(CC3CO3)c(OCC3CO3)ccc2c1. The zero-order valence-corrected chi connectivity index (χ0v) is 10.7. The van der Waals surface area contributed by atoms with Gasteiger partial charge in [-0.15, -0.1) is 0 Å². The molecule has 4 rings (SSSR count). The smallest absolute Gasteiger partial charge is 0.123 e. The highest BCUT2D eigenvalue weighted by Crippen LogP contribution is 2.32. The van der Waals surface area contributed by atoms with Gasteiger partial charge in [-0.2, -0.15) is 0 Å². The Hall–Kier alpha value is -1.58. The lowest BCUT2D eigenvalue weighted by Gasteiger charge is -2.13. The second kappa shape index (κ2) is 4.51. The van der Waals surface area contributed by atoms with Crippen LogP contribution in [0.1, 0.15) is 5.56 Å². The Balaban J connectivity index is 1.71. The molecule has 3 nitrogen and oxygen atoms in total. The first-order valence-corrected chi connectivity index (χ1v) is 6.77. The number of rotatable bonds is 5. The number of hydrogen-bond donors (Lipinski definition) is 0. The maximum Gasteiger partial charge on any atom is 0.123 e. The summed E-state index contributed by atoms with van der Waals surface area (Å²) >= 11 is 0. The third kappa shape index (κ3) is 2.44. The molecule has 2 aromatic rings. The van der Waals surface area contributed by atoms with Gasteiger partial charge in [0.25, 0.3) is 0 Å². The lowest BCUT2D eigenvalue weighted by molar-refractivity contribution is 0.261. The quantitative estimate of drug-likeness (QED) is 0.771. The van der Waals surface area contributed by atoms with E-state index in [0.29, 0.717) is 12.7 Å². The summed E-state index contributed by atoms with van der Waals surface area (Å²) in [4.78, 5) is 0. The monoisotopic (exact) mass is 256 g/mol. The van der Waals surface area contributed by atoms with E-state index in [1.165, 1.54) is 16.3 Å².